The molecular formula is C12H18. The Morgan fingerprint density at radius 1 is 1.08 bits per heavy atom. The first-order valence-corrected chi connectivity index (χ1v) is 4.68. The van der Waals surface area contributed by atoms with Gasteiger partial charge < -0.3 is 0 Å². The maximum Gasteiger partial charge on any atom is -0.0167 e. The van der Waals surface area contributed by atoms with E-state index in [4.69, 9.17) is 0 Å². The monoisotopic (exact) mass is 162 g/mol. The zero-order valence-electron chi connectivity index (χ0n) is 8.46. The van der Waals surface area contributed by atoms with E-state index < -0.39 is 0 Å². The highest BCUT2D eigenvalue weighted by Crippen LogP contribution is 2.23. The average Bonchev–Trinajstić information content (AvgIpc) is 2.03. The first-order chi connectivity index (χ1) is 5.61. The van der Waals surface area contributed by atoms with Crippen LogP contribution in [0.2, 0.25) is 0 Å². The molecule has 0 fully saturated rings. The summed E-state index contributed by atoms with van der Waals surface area (Å²) in [4.78, 5) is 0. The molecule has 12 heavy (non-hydrogen) atoms. The molecule has 0 amide bonds. The largest absolute Gasteiger partial charge is 0.0622 e. The SMILES string of the molecule is Cc1cccc(C(C)C(C)C)c1. The second-order valence-corrected chi connectivity index (χ2v) is 3.95. The fourth-order valence-electron chi connectivity index (χ4n) is 1.34. The number of rotatable bonds is 2. The molecule has 0 nitrogen and oxygen atoms in total. The lowest BCUT2D eigenvalue weighted by Gasteiger charge is -2.16. The van der Waals surface area contributed by atoms with Crippen LogP contribution in [0.25, 0.3) is 0 Å². The molecule has 0 aliphatic carbocycles. The highest BCUT2D eigenvalue weighted by molar-refractivity contribution is 5.25. The lowest BCUT2D eigenvalue weighted by molar-refractivity contribution is 0.535. The smallest absolute Gasteiger partial charge is 0.0167 e. The molecule has 0 saturated heterocycles. The van der Waals surface area contributed by atoms with E-state index in [9.17, 15) is 0 Å². The lowest BCUT2D eigenvalue weighted by Crippen LogP contribution is -2.01. The van der Waals surface area contributed by atoms with Gasteiger partial charge in [-0.15, -0.1) is 0 Å². The average molecular weight is 162 g/mol. The summed E-state index contributed by atoms with van der Waals surface area (Å²) < 4.78 is 0. The molecule has 1 unspecified atom stereocenters. The molecule has 1 atom stereocenters. The summed E-state index contributed by atoms with van der Waals surface area (Å²) in [6.45, 7) is 8.98. The van der Waals surface area contributed by atoms with Crippen LogP contribution in [0.3, 0.4) is 0 Å². The molecule has 0 saturated carbocycles. The molecule has 0 bridgehead atoms. The Hall–Kier alpha value is -0.780. The van der Waals surface area contributed by atoms with Crippen LogP contribution in [-0.4, -0.2) is 0 Å². The highest BCUT2D eigenvalue weighted by atomic mass is 14.1. The Morgan fingerprint density at radius 3 is 2.25 bits per heavy atom. The third-order valence-corrected chi connectivity index (χ3v) is 2.57. The molecule has 0 aliphatic heterocycles. The fourth-order valence-corrected chi connectivity index (χ4v) is 1.34. The Morgan fingerprint density at radius 2 is 1.75 bits per heavy atom. The van der Waals surface area contributed by atoms with Gasteiger partial charge in [0, 0.05) is 0 Å². The van der Waals surface area contributed by atoms with Crippen LogP contribution in [0.4, 0.5) is 0 Å². The van der Waals surface area contributed by atoms with Gasteiger partial charge in [0.25, 0.3) is 0 Å². The van der Waals surface area contributed by atoms with Crippen LogP contribution in [-0.2, 0) is 0 Å². The van der Waals surface area contributed by atoms with Crippen LogP contribution in [0.1, 0.15) is 37.8 Å². The van der Waals surface area contributed by atoms with E-state index >= 15 is 0 Å². The Bertz CT molecular complexity index is 248. The topological polar surface area (TPSA) is 0 Å². The maximum atomic E-state index is 2.29. The number of benzene rings is 1. The molecule has 0 heterocycles. The summed E-state index contributed by atoms with van der Waals surface area (Å²) in [5, 5.41) is 0. The van der Waals surface area contributed by atoms with Crippen LogP contribution < -0.4 is 0 Å². The maximum absolute atomic E-state index is 2.29. The third kappa shape index (κ3) is 2.10. The minimum atomic E-state index is 0.671. The Balaban J connectivity index is 2.88. The third-order valence-electron chi connectivity index (χ3n) is 2.57. The molecule has 1 rings (SSSR count). The Labute approximate surface area is 75.6 Å². The van der Waals surface area contributed by atoms with Gasteiger partial charge in [-0.1, -0.05) is 50.6 Å². The molecule has 0 radical (unpaired) electrons. The zero-order valence-corrected chi connectivity index (χ0v) is 8.46. The molecule has 1 aromatic carbocycles. The summed E-state index contributed by atoms with van der Waals surface area (Å²) in [6.07, 6.45) is 0. The zero-order chi connectivity index (χ0) is 9.14. The van der Waals surface area contributed by atoms with Gasteiger partial charge in [0.05, 0.1) is 0 Å². The van der Waals surface area contributed by atoms with Gasteiger partial charge in [0.2, 0.25) is 0 Å². The minimum absolute atomic E-state index is 0.671. The molecular weight excluding hydrogens is 144 g/mol. The molecule has 0 heteroatoms. The van der Waals surface area contributed by atoms with Crippen LogP contribution >= 0.6 is 0 Å². The van der Waals surface area contributed by atoms with Crippen molar-refractivity contribution in [2.45, 2.75) is 33.6 Å². The van der Waals surface area contributed by atoms with Gasteiger partial charge in [0.15, 0.2) is 0 Å². The minimum Gasteiger partial charge on any atom is -0.0622 e. The predicted octanol–water partition coefficient (Wildman–Crippen LogP) is 3.75. The molecule has 1 aromatic rings. The first kappa shape index (κ1) is 9.31. The number of hydrogen-bond acceptors (Lipinski definition) is 0. The second kappa shape index (κ2) is 3.75. The summed E-state index contributed by atoms with van der Waals surface area (Å²) in [5.41, 5.74) is 2.82. The van der Waals surface area contributed by atoms with Gasteiger partial charge in [-0.05, 0) is 24.3 Å². The van der Waals surface area contributed by atoms with Crippen molar-refractivity contribution >= 4 is 0 Å². The van der Waals surface area contributed by atoms with Gasteiger partial charge in [-0.3, -0.25) is 0 Å². The van der Waals surface area contributed by atoms with Crippen LogP contribution in [0, 0.1) is 12.8 Å². The normalized spacial score (nSPS) is 13.4. The quantitative estimate of drug-likeness (QED) is 0.621. The summed E-state index contributed by atoms with van der Waals surface area (Å²) >= 11 is 0. The van der Waals surface area contributed by atoms with Crippen molar-refractivity contribution in [2.24, 2.45) is 5.92 Å². The van der Waals surface area contributed by atoms with E-state index in [0.29, 0.717) is 5.92 Å². The van der Waals surface area contributed by atoms with Gasteiger partial charge in [-0.25, -0.2) is 0 Å². The van der Waals surface area contributed by atoms with E-state index in [1.807, 2.05) is 0 Å². The van der Waals surface area contributed by atoms with E-state index in [-0.39, 0.29) is 0 Å². The van der Waals surface area contributed by atoms with Gasteiger partial charge in [-0.2, -0.15) is 0 Å². The first-order valence-electron chi connectivity index (χ1n) is 4.68. The van der Waals surface area contributed by atoms with Crippen molar-refractivity contribution in [1.29, 1.82) is 0 Å². The van der Waals surface area contributed by atoms with Crippen LogP contribution in [0.15, 0.2) is 24.3 Å². The van der Waals surface area contributed by atoms with E-state index in [0.717, 1.165) is 5.92 Å². The van der Waals surface area contributed by atoms with Crippen molar-refractivity contribution < 1.29 is 0 Å². The van der Waals surface area contributed by atoms with Crippen molar-refractivity contribution in [3.05, 3.63) is 35.4 Å². The molecule has 66 valence electrons. The summed E-state index contributed by atoms with van der Waals surface area (Å²) in [6, 6.07) is 8.79. The van der Waals surface area contributed by atoms with Crippen molar-refractivity contribution in [2.75, 3.05) is 0 Å². The van der Waals surface area contributed by atoms with E-state index in [1.54, 1.807) is 0 Å². The lowest BCUT2D eigenvalue weighted by atomic mass is 9.90. The van der Waals surface area contributed by atoms with Gasteiger partial charge in [0.1, 0.15) is 0 Å². The number of hydrogen-bond donors (Lipinski definition) is 0. The van der Waals surface area contributed by atoms with Crippen LogP contribution in [0.5, 0.6) is 0 Å². The standard InChI is InChI=1S/C12H18/c1-9(2)11(4)12-7-5-6-10(3)8-12/h5-9,11H,1-4H3. The molecule has 0 spiro atoms. The molecule has 0 aromatic heterocycles. The summed E-state index contributed by atoms with van der Waals surface area (Å²) in [5.74, 6) is 1.40. The molecule has 0 aliphatic rings. The Kier molecular flexibility index (Phi) is 2.91. The van der Waals surface area contributed by atoms with Crippen molar-refractivity contribution in [3.8, 4) is 0 Å². The van der Waals surface area contributed by atoms with Crippen molar-refractivity contribution in [1.82, 2.24) is 0 Å². The second-order valence-electron chi connectivity index (χ2n) is 3.95. The highest BCUT2D eigenvalue weighted by Gasteiger charge is 2.08. The number of aryl methyl sites for hydroxylation is 1. The van der Waals surface area contributed by atoms with E-state index in [2.05, 4.69) is 52.0 Å². The molecule has 0 N–H and O–H groups in total. The summed E-state index contributed by atoms with van der Waals surface area (Å²) in [7, 11) is 0. The predicted molar refractivity (Wildman–Crippen MR) is 54.4 cm³/mol. The van der Waals surface area contributed by atoms with Crippen molar-refractivity contribution in [3.63, 3.8) is 0 Å². The van der Waals surface area contributed by atoms with E-state index in [1.165, 1.54) is 11.1 Å². The fraction of sp³-hybridized carbons (Fsp3) is 0.500. The van der Waals surface area contributed by atoms with Gasteiger partial charge >= 0.3 is 0 Å².